The van der Waals surface area contributed by atoms with E-state index in [2.05, 4.69) is 5.10 Å². The Labute approximate surface area is 150 Å². The third kappa shape index (κ3) is 5.42. The van der Waals surface area contributed by atoms with Crippen molar-refractivity contribution in [1.29, 1.82) is 0 Å². The lowest BCUT2D eigenvalue weighted by molar-refractivity contribution is -0.134. The number of hydrogen-bond donors (Lipinski definition) is 1. The van der Waals surface area contributed by atoms with Crippen LogP contribution in [0.2, 0.25) is 0 Å². The van der Waals surface area contributed by atoms with Crippen molar-refractivity contribution in [3.63, 3.8) is 0 Å². The van der Waals surface area contributed by atoms with Crippen LogP contribution in [0.4, 0.5) is 4.79 Å². The molecule has 0 radical (unpaired) electrons. The molecule has 0 unspecified atom stereocenters. The molecule has 1 N–H and O–H groups in total. The summed E-state index contributed by atoms with van der Waals surface area (Å²) in [6.45, 7) is 7.00. The molecule has 7 nitrogen and oxygen atoms in total. The minimum atomic E-state index is -0.982. The van der Waals surface area contributed by atoms with Gasteiger partial charge in [0.25, 0.3) is 0 Å². The molecular weight excluding hydrogens is 322 g/mol. The largest absolute Gasteiger partial charge is 0.465 e. The molecule has 7 heteroatoms. The molecule has 2 aliphatic rings. The smallest absolute Gasteiger partial charge is 0.407 e. The number of methoxy groups -OCH3 is 1. The lowest BCUT2D eigenvalue weighted by Gasteiger charge is -2.37. The van der Waals surface area contributed by atoms with Crippen molar-refractivity contribution in [2.24, 2.45) is 10.5 Å². The van der Waals surface area contributed by atoms with Gasteiger partial charge in [0.05, 0.1) is 30.8 Å². The van der Waals surface area contributed by atoms with E-state index < -0.39 is 6.09 Å². The summed E-state index contributed by atoms with van der Waals surface area (Å²) < 4.78 is 5.74. The summed E-state index contributed by atoms with van der Waals surface area (Å²) in [6.07, 6.45) is 4.48. The zero-order valence-electron chi connectivity index (χ0n) is 15.9. The van der Waals surface area contributed by atoms with Crippen LogP contribution in [0.25, 0.3) is 0 Å². The number of hydrogen-bond acceptors (Lipinski definition) is 4. The van der Waals surface area contributed by atoms with Gasteiger partial charge in [0.1, 0.15) is 0 Å². The average molecular weight is 353 g/mol. The van der Waals surface area contributed by atoms with Gasteiger partial charge in [-0.25, -0.2) is 9.80 Å². The number of ether oxygens (including phenoxy) is 1. The van der Waals surface area contributed by atoms with Crippen molar-refractivity contribution in [2.45, 2.75) is 64.9 Å². The van der Waals surface area contributed by atoms with Crippen molar-refractivity contribution >= 4 is 17.7 Å². The van der Waals surface area contributed by atoms with E-state index in [1.165, 1.54) is 16.3 Å². The molecule has 0 bridgehead atoms. The van der Waals surface area contributed by atoms with Gasteiger partial charge in [-0.15, -0.1) is 0 Å². The minimum absolute atomic E-state index is 0.0712. The highest BCUT2D eigenvalue weighted by molar-refractivity contribution is 6.06. The second kappa shape index (κ2) is 7.72. The molecule has 1 aliphatic heterocycles. The first-order chi connectivity index (χ1) is 11.6. The van der Waals surface area contributed by atoms with Crippen molar-refractivity contribution in [1.82, 2.24) is 9.91 Å². The van der Waals surface area contributed by atoms with Gasteiger partial charge in [0.15, 0.2) is 0 Å². The van der Waals surface area contributed by atoms with E-state index in [-0.39, 0.29) is 29.9 Å². The van der Waals surface area contributed by atoms with Crippen molar-refractivity contribution in [2.75, 3.05) is 26.7 Å². The van der Waals surface area contributed by atoms with Gasteiger partial charge in [-0.3, -0.25) is 4.79 Å². The first-order valence-electron chi connectivity index (χ1n) is 9.04. The maximum atomic E-state index is 12.3. The van der Waals surface area contributed by atoms with Crippen molar-refractivity contribution in [3.8, 4) is 0 Å². The van der Waals surface area contributed by atoms with Crippen LogP contribution in [0.1, 0.15) is 59.3 Å². The molecule has 1 fully saturated rings. The molecule has 2 amide bonds. The van der Waals surface area contributed by atoms with Crippen LogP contribution in [0.3, 0.4) is 0 Å². The van der Waals surface area contributed by atoms with Crippen molar-refractivity contribution in [3.05, 3.63) is 0 Å². The number of carbonyl (C=O) groups is 2. The van der Waals surface area contributed by atoms with Crippen LogP contribution in [-0.4, -0.2) is 65.1 Å². The highest BCUT2D eigenvalue weighted by atomic mass is 16.5. The van der Waals surface area contributed by atoms with E-state index in [1.807, 2.05) is 20.8 Å². The van der Waals surface area contributed by atoms with E-state index in [0.717, 1.165) is 25.7 Å². The highest BCUT2D eigenvalue weighted by Crippen LogP contribution is 2.33. The molecule has 1 saturated carbocycles. The Balaban J connectivity index is 2.04. The van der Waals surface area contributed by atoms with Crippen LogP contribution in [-0.2, 0) is 9.53 Å². The monoisotopic (exact) mass is 353 g/mol. The summed E-state index contributed by atoms with van der Waals surface area (Å²) in [6, 6.07) is 0. The molecule has 1 aliphatic carbocycles. The normalized spacial score (nSPS) is 20.6. The molecule has 2 rings (SSSR count). The Bertz CT molecular complexity index is 533. The number of amides is 2. The molecule has 1 heterocycles. The van der Waals surface area contributed by atoms with E-state index in [4.69, 9.17) is 4.74 Å². The third-order valence-electron chi connectivity index (χ3n) is 4.85. The molecule has 0 spiro atoms. The fourth-order valence-electron chi connectivity index (χ4n) is 3.62. The lowest BCUT2D eigenvalue weighted by atomic mass is 9.84. The third-order valence-corrected chi connectivity index (χ3v) is 4.85. The summed E-state index contributed by atoms with van der Waals surface area (Å²) >= 11 is 0. The second-order valence-electron chi connectivity index (χ2n) is 8.44. The van der Waals surface area contributed by atoms with Crippen LogP contribution < -0.4 is 0 Å². The summed E-state index contributed by atoms with van der Waals surface area (Å²) in [5.74, 6) is -0.0712. The molecule has 25 heavy (non-hydrogen) atoms. The van der Waals surface area contributed by atoms with Crippen LogP contribution in [0, 0.1) is 5.41 Å². The number of carbonyl (C=O) groups excluding carboxylic acids is 1. The Morgan fingerprint density at radius 3 is 2.48 bits per heavy atom. The molecule has 0 saturated heterocycles. The number of rotatable bonds is 6. The molecule has 0 atom stereocenters. The molecule has 0 aromatic rings. The standard InChI is InChI=1S/C18H31N3O4/c1-17(2,3)12-20(16(23)24)11-14-10-15(22)21(19-14)13-18(25-4)8-6-5-7-9-18/h5-13H2,1-4H3,(H,23,24). The Kier molecular flexibility index (Phi) is 6.08. The van der Waals surface area contributed by atoms with Gasteiger partial charge in [0, 0.05) is 13.7 Å². The fraction of sp³-hybridized carbons (Fsp3) is 0.833. The molecule has 0 aromatic heterocycles. The number of hydrazone groups is 1. The van der Waals surface area contributed by atoms with Gasteiger partial charge < -0.3 is 14.7 Å². The van der Waals surface area contributed by atoms with Gasteiger partial charge >= 0.3 is 6.09 Å². The van der Waals surface area contributed by atoms with E-state index in [0.29, 0.717) is 18.8 Å². The number of nitrogens with zero attached hydrogens (tertiary/aromatic N) is 3. The zero-order chi connectivity index (χ0) is 18.7. The topological polar surface area (TPSA) is 82.4 Å². The van der Waals surface area contributed by atoms with E-state index in [1.54, 1.807) is 7.11 Å². The summed E-state index contributed by atoms with van der Waals surface area (Å²) in [5.41, 5.74) is 0.146. The van der Waals surface area contributed by atoms with Crippen LogP contribution in [0.15, 0.2) is 5.10 Å². The van der Waals surface area contributed by atoms with Crippen LogP contribution >= 0.6 is 0 Å². The Morgan fingerprint density at radius 1 is 1.32 bits per heavy atom. The maximum Gasteiger partial charge on any atom is 0.407 e. The first-order valence-corrected chi connectivity index (χ1v) is 9.04. The van der Waals surface area contributed by atoms with E-state index in [9.17, 15) is 14.7 Å². The first kappa shape index (κ1) is 19.7. The lowest BCUT2D eigenvalue weighted by Crippen LogP contribution is -2.45. The molecular formula is C18H31N3O4. The average Bonchev–Trinajstić information content (AvgIpc) is 2.85. The van der Waals surface area contributed by atoms with Gasteiger partial charge in [-0.2, -0.15) is 5.10 Å². The molecule has 142 valence electrons. The number of carboxylic acid groups (broad SMARTS) is 1. The summed E-state index contributed by atoms with van der Waals surface area (Å²) in [4.78, 5) is 25.2. The predicted molar refractivity (Wildman–Crippen MR) is 95.6 cm³/mol. The van der Waals surface area contributed by atoms with Gasteiger partial charge in [-0.1, -0.05) is 40.0 Å². The van der Waals surface area contributed by atoms with Gasteiger partial charge in [-0.05, 0) is 18.3 Å². The quantitative estimate of drug-likeness (QED) is 0.796. The summed E-state index contributed by atoms with van der Waals surface area (Å²) in [7, 11) is 1.70. The van der Waals surface area contributed by atoms with Gasteiger partial charge in [0.2, 0.25) is 5.91 Å². The van der Waals surface area contributed by atoms with E-state index >= 15 is 0 Å². The van der Waals surface area contributed by atoms with Crippen LogP contribution in [0.5, 0.6) is 0 Å². The predicted octanol–water partition coefficient (Wildman–Crippen LogP) is 2.95. The fourth-order valence-corrected chi connectivity index (χ4v) is 3.62. The molecule has 0 aromatic carbocycles. The Morgan fingerprint density at radius 2 is 1.96 bits per heavy atom. The van der Waals surface area contributed by atoms with Crippen molar-refractivity contribution < 1.29 is 19.4 Å². The SMILES string of the molecule is COC1(CN2N=C(CN(CC(C)(C)C)C(=O)O)CC2=O)CCCCC1. The maximum absolute atomic E-state index is 12.3. The minimum Gasteiger partial charge on any atom is -0.465 e. The Hall–Kier alpha value is -1.63. The highest BCUT2D eigenvalue weighted by Gasteiger charge is 2.38. The second-order valence-corrected chi connectivity index (χ2v) is 8.44. The zero-order valence-corrected chi connectivity index (χ0v) is 15.9. The summed E-state index contributed by atoms with van der Waals surface area (Å²) in [5, 5.41) is 15.3.